The van der Waals surface area contributed by atoms with Crippen LogP contribution in [0.25, 0.3) is 0 Å². The van der Waals surface area contributed by atoms with Crippen LogP contribution in [0.2, 0.25) is 5.02 Å². The molecule has 2 aromatic rings. The van der Waals surface area contributed by atoms with E-state index in [0.29, 0.717) is 34.5 Å². The first-order chi connectivity index (χ1) is 12.0. The van der Waals surface area contributed by atoms with Crippen molar-refractivity contribution in [3.8, 4) is 17.2 Å². The second-order valence-electron chi connectivity index (χ2n) is 5.62. The highest BCUT2D eigenvalue weighted by atomic mass is 35.5. The molecule has 1 aliphatic rings. The Bertz CT molecular complexity index is 797. The summed E-state index contributed by atoms with van der Waals surface area (Å²) in [5.74, 6) is 1.61. The summed E-state index contributed by atoms with van der Waals surface area (Å²) < 4.78 is 16.3. The smallest absolute Gasteiger partial charge is 0.326 e. The number of anilines is 2. The Morgan fingerprint density at radius 3 is 2.68 bits per heavy atom. The van der Waals surface area contributed by atoms with Gasteiger partial charge in [-0.15, -0.1) is 0 Å². The first kappa shape index (κ1) is 17.2. The zero-order chi connectivity index (χ0) is 18.0. The van der Waals surface area contributed by atoms with E-state index in [0.717, 1.165) is 5.69 Å². The second-order valence-corrected chi connectivity index (χ2v) is 6.03. The van der Waals surface area contributed by atoms with E-state index < -0.39 is 0 Å². The third-order valence-electron chi connectivity index (χ3n) is 3.88. The van der Waals surface area contributed by atoms with Gasteiger partial charge in [-0.25, -0.2) is 4.79 Å². The van der Waals surface area contributed by atoms with Crippen LogP contribution in [-0.4, -0.2) is 32.9 Å². The molecule has 3 rings (SSSR count). The van der Waals surface area contributed by atoms with Gasteiger partial charge in [-0.3, -0.25) is 4.90 Å². The predicted octanol–water partition coefficient (Wildman–Crippen LogP) is 4.18. The summed E-state index contributed by atoms with van der Waals surface area (Å²) in [7, 11) is 3.04. The lowest BCUT2D eigenvalue weighted by molar-refractivity contribution is 0.208. The molecule has 1 heterocycles. The van der Waals surface area contributed by atoms with Gasteiger partial charge in [0.1, 0.15) is 23.4 Å². The zero-order valence-electron chi connectivity index (χ0n) is 14.2. The molecule has 132 valence electrons. The topological polar surface area (TPSA) is 60.0 Å². The number of carbonyl (C=O) groups excluding carboxylic acids is 1. The van der Waals surface area contributed by atoms with E-state index in [9.17, 15) is 4.79 Å². The molecule has 0 aromatic heterocycles. The fraction of sp³-hybridized carbons (Fsp3) is 0.278. The van der Waals surface area contributed by atoms with Crippen molar-refractivity contribution in [2.24, 2.45) is 0 Å². The molecule has 0 radical (unpaired) electrons. The van der Waals surface area contributed by atoms with Crippen LogP contribution in [0.4, 0.5) is 16.2 Å². The van der Waals surface area contributed by atoms with Crippen molar-refractivity contribution in [2.75, 3.05) is 31.0 Å². The van der Waals surface area contributed by atoms with Crippen LogP contribution < -0.4 is 24.4 Å². The van der Waals surface area contributed by atoms with Crippen LogP contribution in [-0.2, 0) is 0 Å². The maximum atomic E-state index is 12.8. The quantitative estimate of drug-likeness (QED) is 0.889. The van der Waals surface area contributed by atoms with Gasteiger partial charge < -0.3 is 19.5 Å². The number of carbonyl (C=O) groups is 1. The molecular formula is C18H19ClN2O4. The number of benzene rings is 2. The normalized spacial score (nSPS) is 15.8. The maximum Gasteiger partial charge on any atom is 0.326 e. The van der Waals surface area contributed by atoms with Crippen LogP contribution in [0, 0.1) is 0 Å². The average molecular weight is 363 g/mol. The molecule has 6 nitrogen and oxygen atoms in total. The van der Waals surface area contributed by atoms with E-state index in [1.54, 1.807) is 17.0 Å². The summed E-state index contributed by atoms with van der Waals surface area (Å²) in [6, 6.07) is 10.4. The van der Waals surface area contributed by atoms with Crippen molar-refractivity contribution in [3.63, 3.8) is 0 Å². The third kappa shape index (κ3) is 3.44. The molecule has 25 heavy (non-hydrogen) atoms. The Morgan fingerprint density at radius 1 is 1.24 bits per heavy atom. The van der Waals surface area contributed by atoms with Crippen molar-refractivity contribution in [1.82, 2.24) is 0 Å². The highest BCUT2D eigenvalue weighted by Gasteiger charge is 2.28. The van der Waals surface area contributed by atoms with Crippen molar-refractivity contribution >= 4 is 29.0 Å². The molecule has 1 aliphatic heterocycles. The summed E-state index contributed by atoms with van der Waals surface area (Å²) in [5.41, 5.74) is 1.19. The van der Waals surface area contributed by atoms with Crippen molar-refractivity contribution in [1.29, 1.82) is 0 Å². The van der Waals surface area contributed by atoms with Gasteiger partial charge >= 0.3 is 6.03 Å². The molecule has 0 spiro atoms. The zero-order valence-corrected chi connectivity index (χ0v) is 15.0. The van der Waals surface area contributed by atoms with Gasteiger partial charge in [0.15, 0.2) is 0 Å². The molecule has 1 N–H and O–H groups in total. The summed E-state index contributed by atoms with van der Waals surface area (Å²) >= 11 is 6.17. The number of hydrogen-bond donors (Lipinski definition) is 1. The Morgan fingerprint density at radius 2 is 1.96 bits per heavy atom. The number of halogens is 1. The van der Waals surface area contributed by atoms with E-state index in [1.165, 1.54) is 14.2 Å². The van der Waals surface area contributed by atoms with Crippen molar-refractivity contribution < 1.29 is 19.0 Å². The second kappa shape index (κ2) is 7.11. The minimum Gasteiger partial charge on any atom is -0.495 e. The number of methoxy groups -OCH3 is 2. The molecule has 7 heteroatoms. The van der Waals surface area contributed by atoms with Gasteiger partial charge in [0, 0.05) is 6.07 Å². The predicted molar refractivity (Wildman–Crippen MR) is 97.5 cm³/mol. The molecule has 1 atom stereocenters. The molecule has 0 aliphatic carbocycles. The third-order valence-corrected chi connectivity index (χ3v) is 4.18. The van der Waals surface area contributed by atoms with Gasteiger partial charge in [0.05, 0.1) is 37.2 Å². The van der Waals surface area contributed by atoms with Gasteiger partial charge in [-0.2, -0.15) is 0 Å². The number of rotatable bonds is 3. The highest BCUT2D eigenvalue weighted by Crippen LogP contribution is 2.37. The van der Waals surface area contributed by atoms with Crippen LogP contribution in [0.3, 0.4) is 0 Å². The number of fused-ring (bicyclic) bond motifs is 1. The molecule has 0 saturated carbocycles. The summed E-state index contributed by atoms with van der Waals surface area (Å²) in [4.78, 5) is 14.5. The average Bonchev–Trinajstić information content (AvgIpc) is 2.61. The summed E-state index contributed by atoms with van der Waals surface area (Å²) in [6.07, 6.45) is -0.109. The van der Waals surface area contributed by atoms with Crippen molar-refractivity contribution in [2.45, 2.75) is 13.0 Å². The SMILES string of the molecule is COc1cc(OC)c(NC(=O)N2C[C@@H](C)Oc3ccccc32)cc1Cl. The Balaban J connectivity index is 1.89. The molecule has 2 aromatic carbocycles. The lowest BCUT2D eigenvalue weighted by atomic mass is 10.2. The maximum absolute atomic E-state index is 12.8. The molecule has 0 fully saturated rings. The highest BCUT2D eigenvalue weighted by molar-refractivity contribution is 6.32. The van der Waals surface area contributed by atoms with Crippen LogP contribution >= 0.6 is 11.6 Å². The number of para-hydroxylation sites is 2. The fourth-order valence-corrected chi connectivity index (χ4v) is 2.96. The number of hydrogen-bond acceptors (Lipinski definition) is 4. The minimum atomic E-state index is -0.290. The standard InChI is InChI=1S/C18H19ClN2O4/c1-11-10-21(14-6-4-5-7-15(14)25-11)18(22)20-13-8-12(19)16(23-2)9-17(13)24-3/h4-9,11H,10H2,1-3H3,(H,20,22)/t11-/m1/s1. The number of nitrogens with zero attached hydrogens (tertiary/aromatic N) is 1. The Kier molecular flexibility index (Phi) is 4.90. The molecule has 0 unspecified atom stereocenters. The molecular weight excluding hydrogens is 344 g/mol. The first-order valence-electron chi connectivity index (χ1n) is 7.79. The minimum absolute atomic E-state index is 0.109. The lowest BCUT2D eigenvalue weighted by Gasteiger charge is -2.33. The van der Waals surface area contributed by atoms with Gasteiger partial charge in [-0.05, 0) is 25.1 Å². The van der Waals surface area contributed by atoms with E-state index in [-0.39, 0.29) is 12.1 Å². The Labute approximate surface area is 151 Å². The van der Waals surface area contributed by atoms with E-state index in [2.05, 4.69) is 5.32 Å². The van der Waals surface area contributed by atoms with Crippen LogP contribution in [0.15, 0.2) is 36.4 Å². The van der Waals surface area contributed by atoms with Crippen LogP contribution in [0.1, 0.15) is 6.92 Å². The number of nitrogens with one attached hydrogen (secondary N) is 1. The largest absolute Gasteiger partial charge is 0.495 e. The molecule has 0 saturated heterocycles. The number of urea groups is 1. The first-order valence-corrected chi connectivity index (χ1v) is 8.17. The van der Waals surface area contributed by atoms with E-state index in [4.69, 9.17) is 25.8 Å². The summed E-state index contributed by atoms with van der Waals surface area (Å²) in [6.45, 7) is 2.36. The van der Waals surface area contributed by atoms with Crippen molar-refractivity contribution in [3.05, 3.63) is 41.4 Å². The van der Waals surface area contributed by atoms with Gasteiger partial charge in [0.2, 0.25) is 0 Å². The lowest BCUT2D eigenvalue weighted by Crippen LogP contribution is -2.44. The molecule has 0 bridgehead atoms. The molecule has 2 amide bonds. The summed E-state index contributed by atoms with van der Waals surface area (Å²) in [5, 5.41) is 3.23. The van der Waals surface area contributed by atoms with E-state index in [1.807, 2.05) is 31.2 Å². The number of ether oxygens (including phenoxy) is 3. The van der Waals surface area contributed by atoms with Gasteiger partial charge in [0.25, 0.3) is 0 Å². The fourth-order valence-electron chi connectivity index (χ4n) is 2.72. The monoisotopic (exact) mass is 362 g/mol. The van der Waals surface area contributed by atoms with E-state index >= 15 is 0 Å². The number of amides is 2. The Hall–Kier alpha value is -2.60. The van der Waals surface area contributed by atoms with Crippen LogP contribution in [0.5, 0.6) is 17.2 Å². The van der Waals surface area contributed by atoms with Gasteiger partial charge in [-0.1, -0.05) is 23.7 Å².